The van der Waals surface area contributed by atoms with Crippen LogP contribution in [0, 0.1) is 0 Å². The van der Waals surface area contributed by atoms with Gasteiger partial charge in [0.15, 0.2) is 59.7 Å². The number of aliphatic hydroxyl groups is 22. The highest BCUT2D eigenvalue weighted by Crippen LogP contribution is 2.35. The van der Waals surface area contributed by atoms with Crippen molar-refractivity contribution >= 4 is 0 Å². The fraction of sp³-hybridized carbons (Fsp3) is 0.857. The van der Waals surface area contributed by atoms with Crippen molar-refractivity contribution in [3.63, 3.8) is 0 Å². The van der Waals surface area contributed by atoms with Crippen LogP contribution in [0.2, 0.25) is 0 Å². The highest BCUT2D eigenvalue weighted by atomic mass is 16.8. The summed E-state index contributed by atoms with van der Waals surface area (Å²) in [4.78, 5) is 5.09. The van der Waals surface area contributed by atoms with Gasteiger partial charge in [0.05, 0.1) is 32.5 Å². The molecule has 464 valence electrons. The lowest BCUT2D eigenvalue weighted by molar-refractivity contribution is -0.368. The van der Waals surface area contributed by atoms with Crippen molar-refractivity contribution in [1.29, 1.82) is 0 Å². The first-order chi connectivity index (χ1) is 38.4. The Morgan fingerprint density at radius 1 is 0.333 bits per heavy atom. The Morgan fingerprint density at radius 2 is 0.617 bits per heavy atom. The first kappa shape index (κ1) is 67.4. The zero-order chi connectivity index (χ0) is 60.2. The van der Waals surface area contributed by atoms with Gasteiger partial charge in [0, 0.05) is 42.4 Å². The second kappa shape index (κ2) is 30.9. The Morgan fingerprint density at radius 3 is 0.926 bits per heavy atom. The van der Waals surface area contributed by atoms with Crippen LogP contribution in [0.4, 0.5) is 0 Å². The Kier molecular flexibility index (Phi) is 25.7. The fourth-order valence-corrected chi connectivity index (χ4v) is 8.87. The predicted molar refractivity (Wildman–Crippen MR) is 249 cm³/mol. The molecule has 81 heavy (non-hydrogen) atoms. The average Bonchev–Trinajstić information content (AvgIpc) is 3.57. The first-order valence-electron chi connectivity index (χ1n) is 24.6. The molecule has 0 spiro atoms. The number of hydrogen-bond donors (Lipinski definition) is 22. The maximum atomic E-state index is 11.3. The molecule has 39 nitrogen and oxygen atoms in total. The molecular weight excluding hydrogens is 1120 g/mol. The quantitative estimate of drug-likeness (QED) is 0.0490. The van der Waals surface area contributed by atoms with Gasteiger partial charge in [-0.3, -0.25) is 0 Å². The van der Waals surface area contributed by atoms with Crippen molar-refractivity contribution < 1.29 is 164 Å². The van der Waals surface area contributed by atoms with E-state index in [1.54, 1.807) is 0 Å². The van der Waals surface area contributed by atoms with Crippen molar-refractivity contribution in [1.82, 2.24) is 0 Å². The lowest BCUT2D eigenvalue weighted by Crippen LogP contribution is -2.65. The van der Waals surface area contributed by atoms with Gasteiger partial charge in [-0.2, -0.15) is 0 Å². The van der Waals surface area contributed by atoms with Crippen molar-refractivity contribution in [2.45, 2.75) is 179 Å². The van der Waals surface area contributed by atoms with E-state index in [2.05, 4.69) is 20.1 Å². The summed E-state index contributed by atoms with van der Waals surface area (Å²) in [5.74, 6) is -8.91. The number of ether oxygens (including phenoxy) is 11. The second-order valence-electron chi connectivity index (χ2n) is 18.5. The molecule has 0 aromatic rings. The minimum absolute atomic E-state index is 0.581. The molecule has 4 saturated heterocycles. The summed E-state index contributed by atoms with van der Waals surface area (Å²) in [5, 5.41) is 246. The third-order valence-corrected chi connectivity index (χ3v) is 13.2. The number of rotatable bonds is 12. The Bertz CT molecular complexity index is 2190. The number of aliphatic hydroxyl groups excluding tert-OH is 22. The molecule has 9 aliphatic rings. The summed E-state index contributed by atoms with van der Waals surface area (Å²) in [6.07, 6.45) is -59.6. The summed E-state index contributed by atoms with van der Waals surface area (Å²) in [6.45, 7) is -6.72. The van der Waals surface area contributed by atoms with Gasteiger partial charge >= 0.3 is 0 Å². The number of fused-ring (bicyclic) bond motifs is 4. The Balaban J connectivity index is 1.56. The van der Waals surface area contributed by atoms with Gasteiger partial charge < -0.3 is 164 Å². The van der Waals surface area contributed by atoms with Crippen molar-refractivity contribution in [3.05, 3.63) is 55.4 Å². The van der Waals surface area contributed by atoms with E-state index in [4.69, 9.17) is 63.2 Å². The number of nitrogens with zero attached hydrogens (tertiary/aromatic N) is 6. The summed E-state index contributed by atoms with van der Waals surface area (Å²) in [6, 6.07) is 0. The SMILES string of the molecule is [N-]=[N+]=NCCC1OC2OC(CO)C(OC3OC(CO)C(OC(O)/C(O)=C(\O)C(CCO)OC4OC(CN=[N+]=[N-])C(OC(O)/C(O)=C(/O)C(CCO)OC5OC(CO)C(OC(O)/C(O)=C/1O)C(O)C5O)C(O)C4O)C(O)C3O)C(O)C2O. The predicted octanol–water partition coefficient (Wildman–Crippen LogP) is -7.83. The van der Waals surface area contributed by atoms with Crippen LogP contribution in [0.3, 0.4) is 0 Å². The van der Waals surface area contributed by atoms with E-state index in [0.717, 1.165) is 0 Å². The number of hydrogen-bond acceptors (Lipinski definition) is 35. The lowest BCUT2D eigenvalue weighted by atomic mass is 9.96. The van der Waals surface area contributed by atoms with Crippen LogP contribution in [0.1, 0.15) is 19.3 Å². The second-order valence-corrected chi connectivity index (χ2v) is 18.5. The molecule has 0 aromatic heterocycles. The van der Waals surface area contributed by atoms with Crippen LogP contribution in [-0.4, -0.2) is 318 Å². The van der Waals surface area contributed by atoms with Gasteiger partial charge in [-0.15, -0.1) is 0 Å². The maximum absolute atomic E-state index is 11.3. The molecule has 22 N–H and O–H groups in total. The maximum Gasteiger partial charge on any atom is 0.218 e. The molecule has 9 aliphatic heterocycles. The highest BCUT2D eigenvalue weighted by Gasteiger charge is 2.54. The zero-order valence-corrected chi connectivity index (χ0v) is 42.1. The van der Waals surface area contributed by atoms with E-state index in [9.17, 15) is 112 Å². The Hall–Kier alpha value is -4.44. The molecule has 0 radical (unpaired) electrons. The van der Waals surface area contributed by atoms with Gasteiger partial charge in [0.2, 0.25) is 18.9 Å². The van der Waals surface area contributed by atoms with E-state index in [0.29, 0.717) is 0 Å². The zero-order valence-electron chi connectivity index (χ0n) is 42.1. The van der Waals surface area contributed by atoms with E-state index in [1.165, 1.54) is 0 Å². The van der Waals surface area contributed by atoms with Crippen LogP contribution < -0.4 is 0 Å². The van der Waals surface area contributed by atoms with Gasteiger partial charge in [0.25, 0.3) is 0 Å². The van der Waals surface area contributed by atoms with Gasteiger partial charge in [-0.25, -0.2) is 0 Å². The summed E-state index contributed by atoms with van der Waals surface area (Å²) in [5.41, 5.74) is 18.0. The molecule has 39 heteroatoms. The first-order valence-corrected chi connectivity index (χ1v) is 24.6. The lowest BCUT2D eigenvalue weighted by Gasteiger charge is -2.47. The molecule has 26 atom stereocenters. The van der Waals surface area contributed by atoms with Crippen LogP contribution in [0.5, 0.6) is 0 Å². The van der Waals surface area contributed by atoms with Crippen LogP contribution in [0.25, 0.3) is 20.9 Å². The third-order valence-electron chi connectivity index (χ3n) is 13.2. The molecule has 8 bridgehead atoms. The average molecular weight is 1190 g/mol. The summed E-state index contributed by atoms with van der Waals surface area (Å²) in [7, 11) is 0. The van der Waals surface area contributed by atoms with E-state index < -0.39 is 260 Å². The van der Waals surface area contributed by atoms with Gasteiger partial charge in [0.1, 0.15) is 110 Å². The smallest absolute Gasteiger partial charge is 0.218 e. The molecule has 0 aromatic carbocycles. The molecule has 0 saturated carbocycles. The molecular formula is C42H68N6O33. The third kappa shape index (κ3) is 15.9. The topological polar surface area (TPSA) is 644 Å². The number of azide groups is 2. The monoisotopic (exact) mass is 1180 g/mol. The van der Waals surface area contributed by atoms with E-state index in [1.807, 2.05) is 0 Å². The van der Waals surface area contributed by atoms with Crippen LogP contribution in [-0.2, 0) is 52.1 Å². The molecule has 0 aliphatic carbocycles. The van der Waals surface area contributed by atoms with Crippen LogP contribution in [0.15, 0.2) is 44.8 Å². The molecule has 9 heterocycles. The largest absolute Gasteiger partial charge is 0.506 e. The standard InChI is InChI=1S/C42H68N6O33/c43-47-45-4-1-11-18(54)25(61)37(69)79-33-15(8-51)75-41(29(65)22(33)58)73-13(3-6-50)20(56)26(62)36(68)78-32-14(7-46-48-44)74-39(28(64)21(32)57)72-12(2-5-49)19(55)27(63)38(70)80-34-16(9-52)77-42(31(67)23(34)59)81-35-17(10-53)76-40(71-11)30(66)24(35)60/h11-17,21-24,28-42,49-70H,1-10H2/b25-18+,26-20-,27-19+. The highest BCUT2D eigenvalue weighted by molar-refractivity contribution is 5.11. The minimum atomic E-state index is -2.78. The molecule has 9 rings (SSSR count). The normalized spacial score (nSPS) is 45.8. The van der Waals surface area contributed by atoms with Crippen molar-refractivity contribution in [2.24, 2.45) is 10.2 Å². The van der Waals surface area contributed by atoms with Gasteiger partial charge in [-0.1, -0.05) is 10.2 Å². The summed E-state index contributed by atoms with van der Waals surface area (Å²) >= 11 is 0. The molecule has 26 unspecified atom stereocenters. The van der Waals surface area contributed by atoms with Crippen LogP contribution >= 0.6 is 0 Å². The molecule has 4 fully saturated rings. The van der Waals surface area contributed by atoms with Gasteiger partial charge in [-0.05, 0) is 17.5 Å². The van der Waals surface area contributed by atoms with Crippen molar-refractivity contribution in [3.8, 4) is 0 Å². The van der Waals surface area contributed by atoms with E-state index in [-0.39, 0.29) is 0 Å². The fourth-order valence-electron chi connectivity index (χ4n) is 8.87. The van der Waals surface area contributed by atoms with E-state index >= 15 is 0 Å². The Labute approximate surface area is 455 Å². The van der Waals surface area contributed by atoms with Crippen molar-refractivity contribution in [2.75, 3.05) is 46.1 Å². The summed E-state index contributed by atoms with van der Waals surface area (Å²) < 4.78 is 60.3. The minimum Gasteiger partial charge on any atom is -0.506 e. The molecule has 0 amide bonds.